The van der Waals surface area contributed by atoms with Crippen molar-refractivity contribution in [2.24, 2.45) is 17.4 Å². The second-order valence-electron chi connectivity index (χ2n) is 8.07. The number of rotatable bonds is 7. The van der Waals surface area contributed by atoms with Crippen LogP contribution in [0.4, 0.5) is 0 Å². The second-order valence-corrected chi connectivity index (χ2v) is 8.07. The molecule has 3 rings (SSSR count). The number of nitrogen functional groups attached to an aromatic ring is 1. The van der Waals surface area contributed by atoms with Crippen LogP contribution >= 0.6 is 0 Å². The Hall–Kier alpha value is -3.43. The van der Waals surface area contributed by atoms with E-state index in [-0.39, 0.29) is 17.1 Å². The molecule has 0 bridgehead atoms. The second kappa shape index (κ2) is 12.6. The molecule has 2 aromatic carbocycles. The van der Waals surface area contributed by atoms with Crippen molar-refractivity contribution in [3.05, 3.63) is 65.2 Å². The Labute approximate surface area is 193 Å². The molecule has 1 aliphatic rings. The predicted octanol–water partition coefficient (Wildman–Crippen LogP) is 1.96. The van der Waals surface area contributed by atoms with E-state index in [1.165, 1.54) is 62.1 Å². The summed E-state index contributed by atoms with van der Waals surface area (Å²) >= 11 is 0. The number of hydrogen-bond donors (Lipinski definition) is 7. The third-order valence-electron chi connectivity index (χ3n) is 5.77. The normalized spacial score (nSPS) is 18.4. The number of phenols is 1. The highest BCUT2D eigenvalue weighted by Gasteiger charge is 2.23. The van der Waals surface area contributed by atoms with E-state index in [0.717, 1.165) is 18.5 Å². The summed E-state index contributed by atoms with van der Waals surface area (Å²) < 4.78 is 0. The van der Waals surface area contributed by atoms with Crippen LogP contribution in [-0.2, 0) is 4.79 Å². The summed E-state index contributed by atoms with van der Waals surface area (Å²) in [5.74, 6) is -1.21. The van der Waals surface area contributed by atoms with Crippen LogP contribution in [0.2, 0.25) is 0 Å². The number of carboxylic acid groups (broad SMARTS) is 1. The average molecular weight is 456 g/mol. The number of nitrogens with two attached hydrogens (primary N) is 2. The van der Waals surface area contributed by atoms with Crippen molar-refractivity contribution in [1.82, 2.24) is 10.6 Å². The van der Waals surface area contributed by atoms with Crippen LogP contribution in [0, 0.1) is 11.3 Å². The monoisotopic (exact) mass is 455 g/mol. The van der Waals surface area contributed by atoms with Crippen molar-refractivity contribution in [2.75, 3.05) is 13.6 Å². The number of amidine groups is 1. The standard InChI is InChI=1S/C16H15N3O4.C8H18N2/c17-14(18)10-2-1-3-11(8-10)15(21)19-13(16(22)23)9-4-6-12(20)7-5-9;1-10-8-4-2-7(6-9)3-5-8/h1-8,13,20H,(H3,17,18)(H,19,21)(H,22,23);7-8,10H,2-6,9H2,1H3. The molecule has 1 unspecified atom stereocenters. The van der Waals surface area contributed by atoms with Crippen LogP contribution in [0.15, 0.2) is 48.5 Å². The van der Waals surface area contributed by atoms with E-state index < -0.39 is 17.9 Å². The van der Waals surface area contributed by atoms with Crippen LogP contribution in [0.5, 0.6) is 5.75 Å². The Kier molecular flexibility index (Phi) is 9.84. The topological polar surface area (TPSA) is 175 Å². The molecule has 1 aliphatic carbocycles. The molecule has 0 spiro atoms. The molecule has 0 heterocycles. The minimum atomic E-state index is -1.26. The maximum Gasteiger partial charge on any atom is 0.330 e. The van der Waals surface area contributed by atoms with Crippen molar-refractivity contribution < 1.29 is 19.8 Å². The van der Waals surface area contributed by atoms with Crippen molar-refractivity contribution >= 4 is 17.7 Å². The Balaban J connectivity index is 0.000000321. The van der Waals surface area contributed by atoms with Crippen molar-refractivity contribution in [1.29, 1.82) is 5.41 Å². The van der Waals surface area contributed by atoms with Gasteiger partial charge in [0.2, 0.25) is 0 Å². The smallest absolute Gasteiger partial charge is 0.330 e. The van der Waals surface area contributed by atoms with Gasteiger partial charge in [0.05, 0.1) is 0 Å². The van der Waals surface area contributed by atoms with Gasteiger partial charge in [-0.1, -0.05) is 24.3 Å². The van der Waals surface area contributed by atoms with Gasteiger partial charge in [-0.25, -0.2) is 4.79 Å². The highest BCUT2D eigenvalue weighted by atomic mass is 16.4. The quantitative estimate of drug-likeness (QED) is 0.247. The van der Waals surface area contributed by atoms with Crippen molar-refractivity contribution in [3.63, 3.8) is 0 Å². The van der Waals surface area contributed by atoms with Gasteiger partial charge in [-0.2, -0.15) is 0 Å². The number of aromatic hydroxyl groups is 1. The van der Waals surface area contributed by atoms with Gasteiger partial charge >= 0.3 is 5.97 Å². The predicted molar refractivity (Wildman–Crippen MR) is 127 cm³/mol. The van der Waals surface area contributed by atoms with Crippen LogP contribution in [0.25, 0.3) is 0 Å². The zero-order valence-electron chi connectivity index (χ0n) is 18.8. The first-order valence-corrected chi connectivity index (χ1v) is 10.9. The summed E-state index contributed by atoms with van der Waals surface area (Å²) in [5, 5.41) is 31.6. The summed E-state index contributed by atoms with van der Waals surface area (Å²) in [7, 11) is 2.05. The summed E-state index contributed by atoms with van der Waals surface area (Å²) in [6, 6.07) is 11.1. The zero-order valence-corrected chi connectivity index (χ0v) is 18.8. The van der Waals surface area contributed by atoms with Gasteiger partial charge in [-0.3, -0.25) is 10.2 Å². The number of benzene rings is 2. The van der Waals surface area contributed by atoms with E-state index in [9.17, 15) is 19.8 Å². The lowest BCUT2D eigenvalue weighted by Gasteiger charge is -2.26. The molecule has 0 aliphatic heterocycles. The Morgan fingerprint density at radius 1 is 1.09 bits per heavy atom. The average Bonchev–Trinajstić information content (AvgIpc) is 2.83. The SMILES string of the molecule is CNC1CCC(CN)CC1.N=C(N)c1cccc(C(=O)NC(C(=O)O)c2ccc(O)cc2)c1. The third kappa shape index (κ3) is 7.89. The summed E-state index contributed by atoms with van der Waals surface area (Å²) in [5.41, 5.74) is 11.8. The lowest BCUT2D eigenvalue weighted by atomic mass is 9.86. The molecule has 33 heavy (non-hydrogen) atoms. The van der Waals surface area contributed by atoms with Crippen LogP contribution in [0.3, 0.4) is 0 Å². The summed E-state index contributed by atoms with van der Waals surface area (Å²) in [6.07, 6.45) is 5.28. The maximum atomic E-state index is 12.2. The highest BCUT2D eigenvalue weighted by Crippen LogP contribution is 2.22. The van der Waals surface area contributed by atoms with Gasteiger partial charge in [0.1, 0.15) is 11.6 Å². The third-order valence-corrected chi connectivity index (χ3v) is 5.77. The molecule has 9 N–H and O–H groups in total. The van der Waals surface area contributed by atoms with E-state index in [1.807, 2.05) is 7.05 Å². The molecule has 0 radical (unpaired) electrons. The number of carbonyl (C=O) groups is 2. The van der Waals surface area contributed by atoms with Crippen LogP contribution in [0.1, 0.15) is 53.2 Å². The molecular weight excluding hydrogens is 422 g/mol. The molecule has 178 valence electrons. The molecule has 1 amide bonds. The highest BCUT2D eigenvalue weighted by molar-refractivity contribution is 6.01. The number of aliphatic carboxylic acids is 1. The number of amides is 1. The number of phenolic OH excluding ortho intramolecular Hbond substituents is 1. The van der Waals surface area contributed by atoms with Gasteiger partial charge in [0.25, 0.3) is 5.91 Å². The molecule has 1 fully saturated rings. The van der Waals surface area contributed by atoms with E-state index in [4.69, 9.17) is 16.9 Å². The van der Waals surface area contributed by atoms with Gasteiger partial charge in [-0.05, 0) is 75.0 Å². The van der Waals surface area contributed by atoms with E-state index in [0.29, 0.717) is 11.1 Å². The van der Waals surface area contributed by atoms with Crippen molar-refractivity contribution in [2.45, 2.75) is 37.8 Å². The molecular formula is C24H33N5O4. The first-order valence-electron chi connectivity index (χ1n) is 10.9. The van der Waals surface area contributed by atoms with Gasteiger partial charge in [-0.15, -0.1) is 0 Å². The van der Waals surface area contributed by atoms with E-state index in [2.05, 4.69) is 10.6 Å². The first kappa shape index (κ1) is 25.8. The largest absolute Gasteiger partial charge is 0.508 e. The molecule has 2 aromatic rings. The first-order chi connectivity index (χ1) is 15.7. The number of nitrogens with one attached hydrogen (secondary N) is 3. The lowest BCUT2D eigenvalue weighted by Crippen LogP contribution is -2.33. The molecule has 1 atom stereocenters. The Bertz CT molecular complexity index is 928. The summed E-state index contributed by atoms with van der Waals surface area (Å²) in [6.45, 7) is 0.885. The fourth-order valence-corrected chi connectivity index (χ4v) is 3.68. The fraction of sp³-hybridized carbons (Fsp3) is 0.375. The lowest BCUT2D eigenvalue weighted by molar-refractivity contribution is -0.139. The fourth-order valence-electron chi connectivity index (χ4n) is 3.68. The Morgan fingerprint density at radius 2 is 1.70 bits per heavy atom. The van der Waals surface area contributed by atoms with Crippen LogP contribution in [-0.4, -0.2) is 47.6 Å². The minimum Gasteiger partial charge on any atom is -0.508 e. The number of carboxylic acids is 1. The van der Waals surface area contributed by atoms with Gasteiger partial charge < -0.3 is 32.3 Å². The minimum absolute atomic E-state index is 0.00150. The summed E-state index contributed by atoms with van der Waals surface area (Å²) in [4.78, 5) is 23.6. The van der Waals surface area contributed by atoms with E-state index in [1.54, 1.807) is 12.1 Å². The number of carbonyl (C=O) groups excluding carboxylic acids is 1. The van der Waals surface area contributed by atoms with E-state index >= 15 is 0 Å². The molecule has 0 aromatic heterocycles. The van der Waals surface area contributed by atoms with Crippen molar-refractivity contribution in [3.8, 4) is 5.75 Å². The van der Waals surface area contributed by atoms with Gasteiger partial charge in [0.15, 0.2) is 6.04 Å². The Morgan fingerprint density at radius 3 is 2.21 bits per heavy atom. The maximum absolute atomic E-state index is 12.2. The molecule has 1 saturated carbocycles. The molecule has 9 nitrogen and oxygen atoms in total. The molecule has 9 heteroatoms. The molecule has 0 saturated heterocycles. The van der Waals surface area contributed by atoms with Gasteiger partial charge in [0, 0.05) is 17.2 Å². The van der Waals surface area contributed by atoms with Crippen LogP contribution < -0.4 is 22.1 Å². The zero-order chi connectivity index (χ0) is 24.4. The number of hydrogen-bond acceptors (Lipinski definition) is 6.